The minimum Gasteiger partial charge on any atom is -0.353 e. The van der Waals surface area contributed by atoms with E-state index in [1.54, 1.807) is 0 Å². The first-order valence-corrected chi connectivity index (χ1v) is 8.79. The second-order valence-corrected chi connectivity index (χ2v) is 7.14. The molecule has 7 heteroatoms. The smallest absolute Gasteiger partial charge is 0.230 e. The van der Waals surface area contributed by atoms with Crippen molar-refractivity contribution >= 4 is 11.8 Å². The van der Waals surface area contributed by atoms with E-state index in [0.717, 1.165) is 38.5 Å². The van der Waals surface area contributed by atoms with Crippen LogP contribution in [0.25, 0.3) is 0 Å². The molecule has 3 fully saturated rings. The van der Waals surface area contributed by atoms with E-state index in [1.165, 1.54) is 6.42 Å². The maximum Gasteiger partial charge on any atom is 0.230 e. The lowest BCUT2D eigenvalue weighted by molar-refractivity contribution is -0.497. The highest BCUT2D eigenvalue weighted by Crippen LogP contribution is 2.33. The normalized spacial score (nSPS) is 29.1. The average molecular weight is 323 g/mol. The van der Waals surface area contributed by atoms with Crippen LogP contribution in [-0.4, -0.2) is 46.8 Å². The maximum absolute atomic E-state index is 12.5. The fraction of sp³-hybridized carbons (Fsp3) is 0.875. The summed E-state index contributed by atoms with van der Waals surface area (Å²) in [6.45, 7) is 1.37. The van der Waals surface area contributed by atoms with E-state index in [0.29, 0.717) is 19.5 Å². The summed E-state index contributed by atoms with van der Waals surface area (Å²) in [7, 11) is 0. The molecule has 128 valence electrons. The van der Waals surface area contributed by atoms with Crippen molar-refractivity contribution in [3.8, 4) is 0 Å². The highest BCUT2D eigenvalue weighted by molar-refractivity contribution is 5.82. The molecular weight excluding hydrogens is 298 g/mol. The molecule has 0 radical (unpaired) electrons. The quantitative estimate of drug-likeness (QED) is 0.624. The van der Waals surface area contributed by atoms with Gasteiger partial charge in [-0.1, -0.05) is 19.3 Å². The highest BCUT2D eigenvalue weighted by atomic mass is 16.6. The average Bonchev–Trinajstić information content (AvgIpc) is 3.37. The van der Waals surface area contributed by atoms with Crippen LogP contribution in [0.4, 0.5) is 0 Å². The molecule has 1 aliphatic heterocycles. The molecule has 3 rings (SSSR count). The summed E-state index contributed by atoms with van der Waals surface area (Å²) in [6, 6.07) is -0.645. The van der Waals surface area contributed by atoms with Gasteiger partial charge in [0.2, 0.25) is 17.9 Å². The Labute approximate surface area is 135 Å². The molecule has 0 bridgehead atoms. The Bertz CT molecular complexity index is 482. The Kier molecular flexibility index (Phi) is 4.82. The van der Waals surface area contributed by atoms with Gasteiger partial charge >= 0.3 is 0 Å². The summed E-state index contributed by atoms with van der Waals surface area (Å²) in [5, 5.41) is 13.5. The zero-order valence-electron chi connectivity index (χ0n) is 13.4. The van der Waals surface area contributed by atoms with E-state index in [2.05, 4.69) is 5.32 Å². The van der Waals surface area contributed by atoms with Gasteiger partial charge in [0, 0.05) is 36.4 Å². The van der Waals surface area contributed by atoms with Crippen molar-refractivity contribution in [1.29, 1.82) is 0 Å². The molecule has 2 saturated carbocycles. The summed E-state index contributed by atoms with van der Waals surface area (Å²) in [5.41, 5.74) is 0. The predicted octanol–water partition coefficient (Wildman–Crippen LogP) is 1.34. The number of nitrogens with zero attached hydrogens (tertiary/aromatic N) is 2. The fourth-order valence-electron chi connectivity index (χ4n) is 3.86. The molecule has 0 spiro atoms. The topological polar surface area (TPSA) is 92.6 Å². The van der Waals surface area contributed by atoms with Gasteiger partial charge in [-0.3, -0.25) is 19.7 Å². The Morgan fingerprint density at radius 3 is 2.26 bits per heavy atom. The molecular formula is C16H25N3O4. The Balaban J connectivity index is 1.41. The number of hydrogen-bond donors (Lipinski definition) is 1. The van der Waals surface area contributed by atoms with Crippen LogP contribution >= 0.6 is 0 Å². The molecule has 1 N–H and O–H groups in total. The zero-order chi connectivity index (χ0) is 16.4. The molecule has 23 heavy (non-hydrogen) atoms. The third-order valence-corrected chi connectivity index (χ3v) is 5.47. The van der Waals surface area contributed by atoms with Crippen LogP contribution in [-0.2, 0) is 9.59 Å². The summed E-state index contributed by atoms with van der Waals surface area (Å²) in [4.78, 5) is 36.6. The van der Waals surface area contributed by atoms with Crippen LogP contribution in [0, 0.1) is 22.0 Å². The van der Waals surface area contributed by atoms with E-state index < -0.39 is 12.0 Å². The molecule has 0 aromatic carbocycles. The van der Waals surface area contributed by atoms with Crippen LogP contribution in [0.1, 0.15) is 51.4 Å². The minimum atomic E-state index is -0.692. The van der Waals surface area contributed by atoms with Crippen LogP contribution in [0.3, 0.4) is 0 Å². The lowest BCUT2D eigenvalue weighted by atomic mass is 9.87. The molecule has 0 aromatic heterocycles. The predicted molar refractivity (Wildman–Crippen MR) is 83.2 cm³/mol. The van der Waals surface area contributed by atoms with Gasteiger partial charge in [0.1, 0.15) is 5.92 Å². The Morgan fingerprint density at radius 2 is 1.70 bits per heavy atom. The van der Waals surface area contributed by atoms with E-state index in [9.17, 15) is 19.7 Å². The second kappa shape index (κ2) is 6.84. The molecule has 1 saturated heterocycles. The summed E-state index contributed by atoms with van der Waals surface area (Å²) in [6.07, 6.45) is 7.44. The van der Waals surface area contributed by atoms with Gasteiger partial charge in [0.15, 0.2) is 0 Å². The van der Waals surface area contributed by atoms with Gasteiger partial charge in [-0.25, -0.2) is 0 Å². The zero-order valence-corrected chi connectivity index (χ0v) is 13.4. The Morgan fingerprint density at radius 1 is 1.04 bits per heavy atom. The number of amides is 2. The van der Waals surface area contributed by atoms with Gasteiger partial charge in [0.05, 0.1) is 0 Å². The van der Waals surface area contributed by atoms with Gasteiger partial charge in [-0.15, -0.1) is 0 Å². The number of nitro groups is 1. The van der Waals surface area contributed by atoms with Crippen molar-refractivity contribution in [3.05, 3.63) is 10.1 Å². The number of piperidine rings is 1. The van der Waals surface area contributed by atoms with E-state index in [-0.39, 0.29) is 28.7 Å². The highest BCUT2D eigenvalue weighted by Gasteiger charge is 2.53. The number of likely N-dealkylation sites (tertiary alicyclic amines) is 1. The fourth-order valence-corrected chi connectivity index (χ4v) is 3.86. The van der Waals surface area contributed by atoms with Gasteiger partial charge in [0.25, 0.3) is 0 Å². The van der Waals surface area contributed by atoms with Gasteiger partial charge in [-0.05, 0) is 25.7 Å². The SMILES string of the molecule is O=C(NC1CCN(C(=O)C2CCCCC2)CC1)C1CC1[N+](=O)[O-]. The monoisotopic (exact) mass is 323 g/mol. The van der Waals surface area contributed by atoms with Crippen LogP contribution in [0.15, 0.2) is 0 Å². The largest absolute Gasteiger partial charge is 0.353 e. The second-order valence-electron chi connectivity index (χ2n) is 7.14. The maximum atomic E-state index is 12.5. The molecule has 3 aliphatic rings. The first-order chi connectivity index (χ1) is 11.1. The first-order valence-electron chi connectivity index (χ1n) is 8.79. The number of carbonyl (C=O) groups is 2. The van der Waals surface area contributed by atoms with E-state index in [4.69, 9.17) is 0 Å². The van der Waals surface area contributed by atoms with Crippen LogP contribution in [0.2, 0.25) is 0 Å². The Hall–Kier alpha value is -1.66. The summed E-state index contributed by atoms with van der Waals surface area (Å²) in [5.74, 6) is -0.164. The van der Waals surface area contributed by atoms with Gasteiger partial charge < -0.3 is 10.2 Å². The summed E-state index contributed by atoms with van der Waals surface area (Å²) < 4.78 is 0. The molecule has 2 amide bonds. The van der Waals surface area contributed by atoms with Crippen molar-refractivity contribution in [2.75, 3.05) is 13.1 Å². The van der Waals surface area contributed by atoms with Crippen molar-refractivity contribution in [2.45, 2.75) is 63.5 Å². The number of carbonyl (C=O) groups excluding carboxylic acids is 2. The molecule has 1 heterocycles. The third-order valence-electron chi connectivity index (χ3n) is 5.47. The van der Waals surface area contributed by atoms with E-state index >= 15 is 0 Å². The summed E-state index contributed by atoms with van der Waals surface area (Å²) >= 11 is 0. The molecule has 2 aliphatic carbocycles. The number of nitrogens with one attached hydrogen (secondary N) is 1. The lowest BCUT2D eigenvalue weighted by Gasteiger charge is -2.35. The molecule has 7 nitrogen and oxygen atoms in total. The standard InChI is InChI=1S/C16H25N3O4/c20-15(13-10-14(13)19(22)23)17-12-6-8-18(9-7-12)16(21)11-4-2-1-3-5-11/h11-14H,1-10H2,(H,17,20). The van der Waals surface area contributed by atoms with E-state index in [1.807, 2.05) is 4.90 Å². The molecule has 2 atom stereocenters. The van der Waals surface area contributed by atoms with Gasteiger partial charge in [-0.2, -0.15) is 0 Å². The van der Waals surface area contributed by atoms with Crippen molar-refractivity contribution < 1.29 is 14.5 Å². The van der Waals surface area contributed by atoms with Crippen LogP contribution < -0.4 is 5.32 Å². The molecule has 0 aromatic rings. The molecule has 2 unspecified atom stereocenters. The van der Waals surface area contributed by atoms with Crippen molar-refractivity contribution in [1.82, 2.24) is 10.2 Å². The van der Waals surface area contributed by atoms with Crippen molar-refractivity contribution in [2.24, 2.45) is 11.8 Å². The third kappa shape index (κ3) is 3.82. The minimum absolute atomic E-state index is 0.0471. The number of rotatable bonds is 4. The van der Waals surface area contributed by atoms with Crippen molar-refractivity contribution in [3.63, 3.8) is 0 Å². The lowest BCUT2D eigenvalue weighted by Crippen LogP contribution is -2.48. The number of hydrogen-bond acceptors (Lipinski definition) is 4. The first kappa shape index (κ1) is 16.2. The van der Waals surface area contributed by atoms with Crippen LogP contribution in [0.5, 0.6) is 0 Å².